The number of carbonyl (C=O) groups is 1. The van der Waals surface area contributed by atoms with Gasteiger partial charge in [-0.25, -0.2) is 4.39 Å². The van der Waals surface area contributed by atoms with Gasteiger partial charge in [-0.1, -0.05) is 35.9 Å². The summed E-state index contributed by atoms with van der Waals surface area (Å²) in [5, 5.41) is 2.63. The van der Waals surface area contributed by atoms with Gasteiger partial charge in [-0.05, 0) is 43.2 Å². The average Bonchev–Trinajstić information content (AvgIpc) is 2.41. The fourth-order valence-electron chi connectivity index (χ4n) is 1.80. The summed E-state index contributed by atoms with van der Waals surface area (Å²) >= 11 is 0. The van der Waals surface area contributed by atoms with Crippen LogP contribution in [0.15, 0.2) is 48.5 Å². The molecule has 0 radical (unpaired) electrons. The predicted octanol–water partition coefficient (Wildman–Crippen LogP) is 4.09. The molecule has 0 fully saturated rings. The monoisotopic (exact) mass is 269 g/mol. The predicted molar refractivity (Wildman–Crippen MR) is 80.0 cm³/mol. The van der Waals surface area contributed by atoms with E-state index in [-0.39, 0.29) is 11.7 Å². The number of rotatable bonds is 3. The first-order chi connectivity index (χ1) is 9.54. The summed E-state index contributed by atoms with van der Waals surface area (Å²) in [5.41, 5.74) is 3.09. The van der Waals surface area contributed by atoms with Gasteiger partial charge in [-0.2, -0.15) is 0 Å². The van der Waals surface area contributed by atoms with Crippen molar-refractivity contribution < 1.29 is 9.18 Å². The van der Waals surface area contributed by atoms with Crippen molar-refractivity contribution in [3.8, 4) is 0 Å². The van der Waals surface area contributed by atoms with Crippen LogP contribution in [0.4, 0.5) is 10.1 Å². The largest absolute Gasteiger partial charge is 0.322 e. The number of nitrogens with one attached hydrogen (secondary N) is 1. The number of hydrogen-bond donors (Lipinski definition) is 1. The first kappa shape index (κ1) is 14.0. The Morgan fingerprint density at radius 1 is 1.15 bits per heavy atom. The van der Waals surface area contributed by atoms with Crippen LogP contribution in [-0.4, -0.2) is 5.91 Å². The highest BCUT2D eigenvalue weighted by atomic mass is 19.1. The fraction of sp³-hybridized carbons (Fsp3) is 0.118. The minimum Gasteiger partial charge on any atom is -0.322 e. The summed E-state index contributed by atoms with van der Waals surface area (Å²) in [6.45, 7) is 3.67. The van der Waals surface area contributed by atoms with Gasteiger partial charge in [0.1, 0.15) is 5.82 Å². The van der Waals surface area contributed by atoms with Gasteiger partial charge in [0.2, 0.25) is 5.91 Å². The molecule has 2 nitrogen and oxygen atoms in total. The maximum absolute atomic E-state index is 13.4. The van der Waals surface area contributed by atoms with E-state index < -0.39 is 0 Å². The number of benzene rings is 2. The van der Waals surface area contributed by atoms with Gasteiger partial charge in [0.15, 0.2) is 0 Å². The molecule has 3 heteroatoms. The van der Waals surface area contributed by atoms with Crippen LogP contribution in [0.1, 0.15) is 16.7 Å². The third kappa shape index (κ3) is 3.79. The maximum atomic E-state index is 13.4. The Kier molecular flexibility index (Phi) is 4.31. The quantitative estimate of drug-likeness (QED) is 0.835. The summed E-state index contributed by atoms with van der Waals surface area (Å²) in [5.74, 6) is -0.611. The molecule has 0 saturated carbocycles. The van der Waals surface area contributed by atoms with Crippen LogP contribution >= 0.6 is 0 Å². The Morgan fingerprint density at radius 2 is 1.95 bits per heavy atom. The van der Waals surface area contributed by atoms with E-state index in [1.807, 2.05) is 31.2 Å². The van der Waals surface area contributed by atoms with E-state index in [2.05, 4.69) is 5.32 Å². The number of hydrogen-bond acceptors (Lipinski definition) is 1. The molecule has 0 aliphatic carbocycles. The van der Waals surface area contributed by atoms with E-state index >= 15 is 0 Å². The van der Waals surface area contributed by atoms with Crippen LogP contribution in [0, 0.1) is 19.7 Å². The maximum Gasteiger partial charge on any atom is 0.248 e. The van der Waals surface area contributed by atoms with Gasteiger partial charge in [0.25, 0.3) is 0 Å². The van der Waals surface area contributed by atoms with Crippen LogP contribution in [0.25, 0.3) is 6.08 Å². The lowest BCUT2D eigenvalue weighted by Gasteiger charge is -2.03. The first-order valence-electron chi connectivity index (χ1n) is 6.36. The Labute approximate surface area is 118 Å². The van der Waals surface area contributed by atoms with Gasteiger partial charge in [0, 0.05) is 11.8 Å². The molecular formula is C17H16FNO. The molecule has 2 aromatic rings. The number of amides is 1. The second-order valence-electron chi connectivity index (χ2n) is 4.70. The SMILES string of the molecule is Cc1cccc(C=CC(=O)Nc2ccc(C)c(F)c2)c1. The molecule has 0 spiro atoms. The smallest absolute Gasteiger partial charge is 0.248 e. The highest BCUT2D eigenvalue weighted by Gasteiger charge is 2.01. The molecule has 1 amide bonds. The van der Waals surface area contributed by atoms with E-state index in [4.69, 9.17) is 0 Å². The standard InChI is InChI=1S/C17H16FNO/c1-12-4-3-5-14(10-12)7-9-17(20)19-15-8-6-13(2)16(18)11-15/h3-11H,1-2H3,(H,19,20). The Hall–Kier alpha value is -2.42. The zero-order valence-electron chi connectivity index (χ0n) is 11.5. The lowest BCUT2D eigenvalue weighted by molar-refractivity contribution is -0.111. The van der Waals surface area contributed by atoms with Gasteiger partial charge in [-0.15, -0.1) is 0 Å². The van der Waals surface area contributed by atoms with Crippen LogP contribution in [0.3, 0.4) is 0 Å². The van der Waals surface area contributed by atoms with Crippen molar-refractivity contribution in [1.29, 1.82) is 0 Å². The van der Waals surface area contributed by atoms with E-state index in [0.717, 1.165) is 11.1 Å². The molecule has 2 rings (SSSR count). The summed E-state index contributed by atoms with van der Waals surface area (Å²) < 4.78 is 13.4. The van der Waals surface area contributed by atoms with Crippen molar-refractivity contribution in [3.63, 3.8) is 0 Å². The van der Waals surface area contributed by atoms with Crippen LogP contribution < -0.4 is 5.32 Å². The average molecular weight is 269 g/mol. The zero-order valence-corrected chi connectivity index (χ0v) is 11.5. The van der Waals surface area contributed by atoms with Crippen LogP contribution in [0.5, 0.6) is 0 Å². The van der Waals surface area contributed by atoms with Crippen molar-refractivity contribution in [3.05, 3.63) is 71.0 Å². The third-order valence-electron chi connectivity index (χ3n) is 2.91. The number of anilines is 1. The number of carbonyl (C=O) groups excluding carboxylic acids is 1. The molecule has 1 N–H and O–H groups in total. The molecule has 0 aromatic heterocycles. The molecule has 0 saturated heterocycles. The van der Waals surface area contributed by atoms with Gasteiger partial charge in [-0.3, -0.25) is 4.79 Å². The summed E-state index contributed by atoms with van der Waals surface area (Å²) in [7, 11) is 0. The zero-order chi connectivity index (χ0) is 14.5. The normalized spacial score (nSPS) is 10.8. The highest BCUT2D eigenvalue weighted by Crippen LogP contribution is 2.13. The Bertz CT molecular complexity index is 662. The van der Waals surface area contributed by atoms with Gasteiger partial charge >= 0.3 is 0 Å². The van der Waals surface area contributed by atoms with Gasteiger partial charge in [0.05, 0.1) is 0 Å². The molecular weight excluding hydrogens is 253 g/mol. The number of halogens is 1. The minimum absolute atomic E-state index is 0.283. The highest BCUT2D eigenvalue weighted by molar-refractivity contribution is 6.01. The van der Waals surface area contributed by atoms with Crippen molar-refractivity contribution >= 4 is 17.7 Å². The fourth-order valence-corrected chi connectivity index (χ4v) is 1.80. The first-order valence-corrected chi connectivity index (χ1v) is 6.36. The second kappa shape index (κ2) is 6.15. The minimum atomic E-state index is -0.328. The van der Waals surface area contributed by atoms with E-state index in [1.54, 1.807) is 25.1 Å². The molecule has 0 atom stereocenters. The van der Waals surface area contributed by atoms with Crippen molar-refractivity contribution in [2.45, 2.75) is 13.8 Å². The molecule has 0 aliphatic rings. The lowest BCUT2D eigenvalue weighted by atomic mass is 10.1. The number of aryl methyl sites for hydroxylation is 2. The molecule has 0 heterocycles. The van der Waals surface area contributed by atoms with Crippen molar-refractivity contribution in [1.82, 2.24) is 0 Å². The molecule has 2 aromatic carbocycles. The van der Waals surface area contributed by atoms with Gasteiger partial charge < -0.3 is 5.32 Å². The molecule has 0 unspecified atom stereocenters. The molecule has 20 heavy (non-hydrogen) atoms. The Balaban J connectivity index is 2.03. The molecule has 102 valence electrons. The van der Waals surface area contributed by atoms with E-state index in [1.165, 1.54) is 12.1 Å². The summed E-state index contributed by atoms with van der Waals surface area (Å²) in [6, 6.07) is 12.5. The van der Waals surface area contributed by atoms with Crippen LogP contribution in [0.2, 0.25) is 0 Å². The van der Waals surface area contributed by atoms with Crippen molar-refractivity contribution in [2.75, 3.05) is 5.32 Å². The third-order valence-corrected chi connectivity index (χ3v) is 2.91. The van der Waals surface area contributed by atoms with E-state index in [9.17, 15) is 9.18 Å². The summed E-state index contributed by atoms with van der Waals surface area (Å²) in [6.07, 6.45) is 3.17. The lowest BCUT2D eigenvalue weighted by Crippen LogP contribution is -2.08. The van der Waals surface area contributed by atoms with Crippen molar-refractivity contribution in [2.24, 2.45) is 0 Å². The van der Waals surface area contributed by atoms with E-state index in [0.29, 0.717) is 11.3 Å². The topological polar surface area (TPSA) is 29.1 Å². The summed E-state index contributed by atoms with van der Waals surface area (Å²) in [4.78, 5) is 11.7. The molecule has 0 bridgehead atoms. The Morgan fingerprint density at radius 3 is 2.65 bits per heavy atom. The molecule has 0 aliphatic heterocycles. The van der Waals surface area contributed by atoms with Crippen LogP contribution in [-0.2, 0) is 4.79 Å². The second-order valence-corrected chi connectivity index (χ2v) is 4.70.